The maximum absolute atomic E-state index is 12.9. The number of benzene rings is 2. The minimum Gasteiger partial charge on any atom is -0.327 e. The summed E-state index contributed by atoms with van der Waals surface area (Å²) >= 11 is 0. The summed E-state index contributed by atoms with van der Waals surface area (Å²) in [4.78, 5) is 24.7. The lowest BCUT2D eigenvalue weighted by Crippen LogP contribution is -2.45. The summed E-state index contributed by atoms with van der Waals surface area (Å²) in [7, 11) is 0. The van der Waals surface area contributed by atoms with E-state index in [1.807, 2.05) is 0 Å². The van der Waals surface area contributed by atoms with Crippen LogP contribution in [-0.4, -0.2) is 11.8 Å². The average molecular weight is 360 g/mol. The van der Waals surface area contributed by atoms with Gasteiger partial charge in [-0.15, -0.1) is 0 Å². The summed E-state index contributed by atoms with van der Waals surface area (Å²) in [6.45, 7) is 1.59. The van der Waals surface area contributed by atoms with E-state index in [-0.39, 0.29) is 11.4 Å². The summed E-state index contributed by atoms with van der Waals surface area (Å²) in [6, 6.07) is 11.5. The Labute approximate surface area is 147 Å². The Bertz CT molecular complexity index is 872. The van der Waals surface area contributed by atoms with Gasteiger partial charge in [0, 0.05) is 16.8 Å². The Balaban J connectivity index is 2.02. The molecule has 2 aromatic carbocycles. The Morgan fingerprint density at radius 1 is 1.00 bits per heavy atom. The Kier molecular flexibility index (Phi) is 4.54. The molecule has 0 aromatic heterocycles. The number of allylic oxidation sites excluding steroid dienone is 1. The van der Waals surface area contributed by atoms with Crippen molar-refractivity contribution in [1.29, 1.82) is 0 Å². The number of nitrogens with one attached hydrogen (secondary N) is 2. The fourth-order valence-corrected chi connectivity index (χ4v) is 2.85. The van der Waals surface area contributed by atoms with Gasteiger partial charge in [-0.2, -0.15) is 13.2 Å². The van der Waals surface area contributed by atoms with Crippen LogP contribution in [0.1, 0.15) is 34.5 Å². The summed E-state index contributed by atoms with van der Waals surface area (Å²) in [5.41, 5.74) is 0.685. The van der Waals surface area contributed by atoms with Crippen LogP contribution in [0.25, 0.3) is 0 Å². The molecule has 4 nitrogen and oxygen atoms in total. The number of hydrogen-bond donors (Lipinski definition) is 2. The third kappa shape index (κ3) is 3.46. The second kappa shape index (κ2) is 6.67. The van der Waals surface area contributed by atoms with Gasteiger partial charge in [0.15, 0.2) is 5.78 Å². The molecule has 1 heterocycles. The maximum Gasteiger partial charge on any atom is 0.416 e. The van der Waals surface area contributed by atoms with E-state index in [4.69, 9.17) is 0 Å². The predicted octanol–water partition coefficient (Wildman–Crippen LogP) is 4.22. The van der Waals surface area contributed by atoms with Crippen LogP contribution in [0.5, 0.6) is 0 Å². The number of carbonyl (C=O) groups is 2. The minimum absolute atomic E-state index is 0.288. The number of alkyl halides is 3. The molecule has 0 saturated heterocycles. The van der Waals surface area contributed by atoms with E-state index in [2.05, 4.69) is 10.6 Å². The van der Waals surface area contributed by atoms with Crippen LogP contribution in [-0.2, 0) is 6.18 Å². The molecule has 26 heavy (non-hydrogen) atoms. The van der Waals surface area contributed by atoms with E-state index in [0.717, 1.165) is 12.1 Å². The molecular formula is C19H15F3N2O2. The van der Waals surface area contributed by atoms with Gasteiger partial charge in [-0.1, -0.05) is 42.5 Å². The highest BCUT2D eigenvalue weighted by molar-refractivity contribution is 6.11. The number of ketones is 1. The van der Waals surface area contributed by atoms with Gasteiger partial charge >= 0.3 is 12.2 Å². The van der Waals surface area contributed by atoms with Crippen molar-refractivity contribution in [3.05, 3.63) is 82.6 Å². The van der Waals surface area contributed by atoms with Crippen LogP contribution < -0.4 is 10.6 Å². The van der Waals surface area contributed by atoms with Crippen LogP contribution in [0, 0.1) is 0 Å². The Morgan fingerprint density at radius 3 is 2.19 bits per heavy atom. The van der Waals surface area contributed by atoms with E-state index in [0.29, 0.717) is 16.8 Å². The fourth-order valence-electron chi connectivity index (χ4n) is 2.85. The molecular weight excluding hydrogens is 345 g/mol. The SMILES string of the molecule is CC1=C(C(=O)c2ccccc2)[C@@H](c2ccc(C(F)(F)F)cc2)NC(=O)N1. The predicted molar refractivity (Wildman–Crippen MR) is 89.3 cm³/mol. The van der Waals surface area contributed by atoms with Crippen LogP contribution in [0.15, 0.2) is 65.9 Å². The van der Waals surface area contributed by atoms with Crippen LogP contribution in [0.3, 0.4) is 0 Å². The first-order valence-corrected chi connectivity index (χ1v) is 7.82. The quantitative estimate of drug-likeness (QED) is 0.806. The minimum atomic E-state index is -4.45. The van der Waals surface area contributed by atoms with Crippen molar-refractivity contribution in [2.75, 3.05) is 0 Å². The first kappa shape index (κ1) is 17.7. The molecule has 1 aliphatic rings. The van der Waals surface area contributed by atoms with Gasteiger partial charge in [0.2, 0.25) is 0 Å². The number of rotatable bonds is 3. The molecule has 0 bridgehead atoms. The van der Waals surface area contributed by atoms with E-state index in [1.165, 1.54) is 12.1 Å². The zero-order chi connectivity index (χ0) is 18.9. The first-order valence-electron chi connectivity index (χ1n) is 7.82. The van der Waals surface area contributed by atoms with Crippen molar-refractivity contribution in [2.45, 2.75) is 19.1 Å². The fraction of sp³-hybridized carbons (Fsp3) is 0.158. The highest BCUT2D eigenvalue weighted by atomic mass is 19.4. The third-order valence-electron chi connectivity index (χ3n) is 4.12. The van der Waals surface area contributed by atoms with Gasteiger partial charge < -0.3 is 10.6 Å². The summed E-state index contributed by atoms with van der Waals surface area (Å²) in [5.74, 6) is -0.305. The third-order valence-corrected chi connectivity index (χ3v) is 4.12. The lowest BCUT2D eigenvalue weighted by atomic mass is 9.89. The number of carbonyl (C=O) groups excluding carboxylic acids is 2. The lowest BCUT2D eigenvalue weighted by Gasteiger charge is -2.29. The summed E-state index contributed by atoms with van der Waals surface area (Å²) in [6.07, 6.45) is -4.45. The summed E-state index contributed by atoms with van der Waals surface area (Å²) in [5, 5.41) is 5.16. The molecule has 2 amide bonds. The van der Waals surface area contributed by atoms with Gasteiger partial charge in [0.25, 0.3) is 0 Å². The molecule has 0 spiro atoms. The molecule has 0 unspecified atom stereocenters. The first-order chi connectivity index (χ1) is 12.3. The topological polar surface area (TPSA) is 58.2 Å². The van der Waals surface area contributed by atoms with Gasteiger partial charge in [0.1, 0.15) is 0 Å². The van der Waals surface area contributed by atoms with Crippen molar-refractivity contribution in [3.63, 3.8) is 0 Å². The number of Topliss-reactive ketones (excluding diaryl/α,β-unsaturated/α-hetero) is 1. The number of hydrogen-bond acceptors (Lipinski definition) is 2. The van der Waals surface area contributed by atoms with Crippen molar-refractivity contribution >= 4 is 11.8 Å². The Hall–Kier alpha value is -3.09. The number of urea groups is 1. The van der Waals surface area contributed by atoms with Gasteiger partial charge in [0.05, 0.1) is 11.6 Å². The van der Waals surface area contributed by atoms with Gasteiger partial charge in [-0.3, -0.25) is 4.79 Å². The maximum atomic E-state index is 12.9. The largest absolute Gasteiger partial charge is 0.416 e. The van der Waals surface area contributed by atoms with Crippen molar-refractivity contribution in [1.82, 2.24) is 10.6 Å². The van der Waals surface area contributed by atoms with Crippen LogP contribution in [0.2, 0.25) is 0 Å². The molecule has 134 valence electrons. The highest BCUT2D eigenvalue weighted by Gasteiger charge is 2.33. The van der Waals surface area contributed by atoms with E-state index >= 15 is 0 Å². The van der Waals surface area contributed by atoms with Crippen molar-refractivity contribution < 1.29 is 22.8 Å². The highest BCUT2D eigenvalue weighted by Crippen LogP contribution is 2.33. The molecule has 2 aromatic rings. The number of amides is 2. The molecule has 1 aliphatic heterocycles. The molecule has 7 heteroatoms. The molecule has 0 aliphatic carbocycles. The molecule has 0 saturated carbocycles. The second-order valence-corrected chi connectivity index (χ2v) is 5.89. The molecule has 1 atom stereocenters. The van der Waals surface area contributed by atoms with E-state index < -0.39 is 23.8 Å². The van der Waals surface area contributed by atoms with Crippen molar-refractivity contribution in [2.24, 2.45) is 0 Å². The summed E-state index contributed by atoms with van der Waals surface area (Å²) < 4.78 is 38.3. The normalized spacial score (nSPS) is 17.5. The monoisotopic (exact) mass is 360 g/mol. The zero-order valence-corrected chi connectivity index (χ0v) is 13.7. The van der Waals surface area contributed by atoms with E-state index in [9.17, 15) is 22.8 Å². The smallest absolute Gasteiger partial charge is 0.327 e. The van der Waals surface area contributed by atoms with Gasteiger partial charge in [-0.25, -0.2) is 4.79 Å². The molecule has 2 N–H and O–H groups in total. The average Bonchev–Trinajstić information content (AvgIpc) is 2.61. The van der Waals surface area contributed by atoms with Crippen LogP contribution >= 0.6 is 0 Å². The zero-order valence-electron chi connectivity index (χ0n) is 13.7. The molecule has 3 rings (SSSR count). The van der Waals surface area contributed by atoms with Gasteiger partial charge in [-0.05, 0) is 24.6 Å². The second-order valence-electron chi connectivity index (χ2n) is 5.89. The Morgan fingerprint density at radius 2 is 1.62 bits per heavy atom. The standard InChI is InChI=1S/C19H15F3N2O2/c1-11-15(17(25)13-5-3-2-4-6-13)16(24-18(26)23-11)12-7-9-14(10-8-12)19(20,21)22/h2-10,16H,1H3,(H2,23,24,26)/t16-/m1/s1. The van der Waals surface area contributed by atoms with Crippen molar-refractivity contribution in [3.8, 4) is 0 Å². The number of halogens is 3. The van der Waals surface area contributed by atoms with Crippen LogP contribution in [0.4, 0.5) is 18.0 Å². The molecule has 0 fully saturated rings. The lowest BCUT2D eigenvalue weighted by molar-refractivity contribution is -0.137. The molecule has 0 radical (unpaired) electrons. The van der Waals surface area contributed by atoms with E-state index in [1.54, 1.807) is 37.3 Å².